The van der Waals surface area contributed by atoms with E-state index >= 15 is 0 Å². The Bertz CT molecular complexity index is 449. The van der Waals surface area contributed by atoms with Crippen molar-refractivity contribution in [2.24, 2.45) is 0 Å². The third-order valence-electron chi connectivity index (χ3n) is 2.80. The molecule has 1 aromatic carbocycles. The summed E-state index contributed by atoms with van der Waals surface area (Å²) >= 11 is 0. The van der Waals surface area contributed by atoms with E-state index in [1.165, 1.54) is 12.1 Å². The molecule has 7 N–H and O–H groups in total. The molecule has 0 amide bonds. The van der Waals surface area contributed by atoms with Gasteiger partial charge in [0.25, 0.3) is 0 Å². The van der Waals surface area contributed by atoms with Gasteiger partial charge in [0.1, 0.15) is 5.75 Å². The van der Waals surface area contributed by atoms with Crippen LogP contribution in [0.4, 0.5) is 0 Å². The first-order valence-electron chi connectivity index (χ1n) is 6.78. The van der Waals surface area contributed by atoms with E-state index in [1.807, 2.05) is 6.92 Å². The van der Waals surface area contributed by atoms with E-state index in [-0.39, 0.29) is 5.75 Å². The van der Waals surface area contributed by atoms with Crippen LogP contribution in [-0.4, -0.2) is 37.4 Å². The largest absolute Gasteiger partial charge is 0.508 e. The minimum absolute atomic E-state index is 0.00591. The van der Waals surface area contributed by atoms with Crippen LogP contribution in [0.15, 0.2) is 18.2 Å². The Morgan fingerprint density at radius 3 is 2.00 bits per heavy atom. The van der Waals surface area contributed by atoms with Crippen molar-refractivity contribution in [3.05, 3.63) is 29.3 Å². The van der Waals surface area contributed by atoms with E-state index < -0.39 is 18.0 Å². The SMILES string of the molecule is CCCc1ccc(O)cc1C(NC(C)(O)O)NC(C)(O)O. The van der Waals surface area contributed by atoms with Crippen LogP contribution in [0.2, 0.25) is 0 Å². The topological polar surface area (TPSA) is 125 Å². The zero-order chi connectivity index (χ0) is 16.3. The van der Waals surface area contributed by atoms with Gasteiger partial charge < -0.3 is 25.5 Å². The smallest absolute Gasteiger partial charge is 0.220 e. The van der Waals surface area contributed by atoms with Crippen LogP contribution in [0.5, 0.6) is 5.75 Å². The summed E-state index contributed by atoms with van der Waals surface area (Å²) in [6.07, 6.45) is 0.547. The first-order chi connectivity index (χ1) is 9.52. The maximum absolute atomic E-state index is 9.65. The molecule has 7 nitrogen and oxygen atoms in total. The van der Waals surface area contributed by atoms with Gasteiger partial charge in [0.05, 0.1) is 6.17 Å². The minimum Gasteiger partial charge on any atom is -0.508 e. The molecule has 0 bridgehead atoms. The van der Waals surface area contributed by atoms with Crippen LogP contribution in [0, 0.1) is 0 Å². The van der Waals surface area contributed by atoms with Gasteiger partial charge in [-0.1, -0.05) is 19.4 Å². The van der Waals surface area contributed by atoms with Crippen LogP contribution in [0.25, 0.3) is 0 Å². The van der Waals surface area contributed by atoms with Gasteiger partial charge >= 0.3 is 0 Å². The lowest BCUT2D eigenvalue weighted by atomic mass is 10.00. The van der Waals surface area contributed by atoms with Crippen LogP contribution in [-0.2, 0) is 6.42 Å². The van der Waals surface area contributed by atoms with Gasteiger partial charge in [-0.25, -0.2) is 10.6 Å². The summed E-state index contributed by atoms with van der Waals surface area (Å²) in [5.74, 6) is -4.48. The third-order valence-corrected chi connectivity index (χ3v) is 2.80. The fourth-order valence-corrected chi connectivity index (χ4v) is 2.09. The number of phenolic OH excluding ortho intramolecular Hbond substituents is 1. The van der Waals surface area contributed by atoms with Crippen LogP contribution in [0.1, 0.15) is 44.5 Å². The predicted molar refractivity (Wildman–Crippen MR) is 76.8 cm³/mol. The summed E-state index contributed by atoms with van der Waals surface area (Å²) in [7, 11) is 0. The molecule has 0 spiro atoms. The highest BCUT2D eigenvalue weighted by atomic mass is 16.5. The van der Waals surface area contributed by atoms with Gasteiger partial charge in [-0.3, -0.25) is 0 Å². The Balaban J connectivity index is 3.20. The second kappa shape index (κ2) is 6.69. The number of rotatable bonds is 7. The molecule has 0 aliphatic rings. The fraction of sp³-hybridized carbons (Fsp3) is 0.571. The number of benzene rings is 1. The molecule has 0 saturated carbocycles. The maximum atomic E-state index is 9.65. The van der Waals surface area contributed by atoms with Gasteiger partial charge in [-0.05, 0) is 29.7 Å². The minimum atomic E-state index is -2.24. The molecule has 21 heavy (non-hydrogen) atoms. The summed E-state index contributed by atoms with van der Waals surface area (Å²) in [5.41, 5.74) is 1.34. The van der Waals surface area contributed by atoms with E-state index in [0.717, 1.165) is 25.8 Å². The Hall–Kier alpha value is -1.22. The number of phenols is 1. The average Bonchev–Trinajstić information content (AvgIpc) is 2.27. The van der Waals surface area contributed by atoms with Crippen molar-refractivity contribution in [3.63, 3.8) is 0 Å². The van der Waals surface area contributed by atoms with E-state index in [1.54, 1.807) is 6.07 Å². The molecule has 0 fully saturated rings. The normalized spacial score (nSPS) is 13.0. The zero-order valence-corrected chi connectivity index (χ0v) is 12.5. The summed E-state index contributed by atoms with van der Waals surface area (Å²) < 4.78 is 0. The molecule has 0 saturated heterocycles. The highest BCUT2D eigenvalue weighted by Crippen LogP contribution is 2.25. The second-order valence-corrected chi connectivity index (χ2v) is 5.40. The molecule has 1 aromatic rings. The Morgan fingerprint density at radius 1 is 1.05 bits per heavy atom. The quantitative estimate of drug-likeness (QED) is 0.349. The molecule has 0 heterocycles. The molecule has 0 unspecified atom stereocenters. The number of nitrogens with one attached hydrogen (secondary N) is 2. The third kappa shape index (κ3) is 6.38. The van der Waals surface area contributed by atoms with Gasteiger partial charge in [-0.15, -0.1) is 0 Å². The Kier molecular flexibility index (Phi) is 5.68. The molecular weight excluding hydrogens is 276 g/mol. The van der Waals surface area contributed by atoms with Crippen molar-refractivity contribution in [1.29, 1.82) is 0 Å². The van der Waals surface area contributed by atoms with E-state index in [2.05, 4.69) is 10.6 Å². The number of aliphatic hydroxyl groups is 4. The maximum Gasteiger partial charge on any atom is 0.220 e. The number of aromatic hydroxyl groups is 1. The van der Waals surface area contributed by atoms with Crippen molar-refractivity contribution >= 4 is 0 Å². The molecule has 120 valence electrons. The van der Waals surface area contributed by atoms with Crippen molar-refractivity contribution < 1.29 is 25.5 Å². The van der Waals surface area contributed by atoms with Crippen molar-refractivity contribution in [2.45, 2.75) is 51.6 Å². The Labute approximate surface area is 123 Å². The summed E-state index contributed by atoms with van der Waals surface area (Å²) in [5, 5.41) is 52.6. The molecule has 7 heteroatoms. The standard InChI is InChI=1S/C14H24N2O5/c1-4-5-9-6-7-10(17)8-11(9)12(15-13(2,18)19)16-14(3,20)21/h6-8,12,15-21H,4-5H2,1-3H3. The summed E-state index contributed by atoms with van der Waals surface area (Å²) in [4.78, 5) is 0. The molecule has 0 aromatic heterocycles. The lowest BCUT2D eigenvalue weighted by Crippen LogP contribution is -2.55. The van der Waals surface area contributed by atoms with Crippen molar-refractivity contribution in [3.8, 4) is 5.75 Å². The van der Waals surface area contributed by atoms with E-state index in [4.69, 9.17) is 0 Å². The number of hydrogen-bond acceptors (Lipinski definition) is 7. The zero-order valence-electron chi connectivity index (χ0n) is 12.5. The molecule has 0 aliphatic carbocycles. The lowest BCUT2D eigenvalue weighted by molar-refractivity contribution is -0.206. The fourth-order valence-electron chi connectivity index (χ4n) is 2.09. The van der Waals surface area contributed by atoms with Crippen LogP contribution in [0.3, 0.4) is 0 Å². The highest BCUT2D eigenvalue weighted by Gasteiger charge is 2.29. The molecule has 0 radical (unpaired) electrons. The summed E-state index contributed by atoms with van der Waals surface area (Å²) in [6.45, 7) is 4.20. The van der Waals surface area contributed by atoms with Crippen LogP contribution >= 0.6 is 0 Å². The second-order valence-electron chi connectivity index (χ2n) is 5.40. The molecule has 0 atom stereocenters. The monoisotopic (exact) mass is 300 g/mol. The lowest BCUT2D eigenvalue weighted by Gasteiger charge is -2.32. The van der Waals surface area contributed by atoms with Crippen LogP contribution < -0.4 is 10.6 Å². The van der Waals surface area contributed by atoms with Gasteiger partial charge in [0.2, 0.25) is 11.8 Å². The molecule has 1 rings (SSSR count). The van der Waals surface area contributed by atoms with Gasteiger partial charge in [0.15, 0.2) is 0 Å². The van der Waals surface area contributed by atoms with Gasteiger partial charge in [-0.2, -0.15) is 0 Å². The van der Waals surface area contributed by atoms with E-state index in [0.29, 0.717) is 12.0 Å². The first kappa shape index (κ1) is 17.8. The van der Waals surface area contributed by atoms with Gasteiger partial charge in [0, 0.05) is 13.8 Å². The van der Waals surface area contributed by atoms with Crippen molar-refractivity contribution in [2.75, 3.05) is 0 Å². The average molecular weight is 300 g/mol. The molecular formula is C14H24N2O5. The highest BCUT2D eigenvalue weighted by molar-refractivity contribution is 5.37. The molecule has 0 aliphatic heterocycles. The first-order valence-corrected chi connectivity index (χ1v) is 6.78. The van der Waals surface area contributed by atoms with E-state index in [9.17, 15) is 25.5 Å². The number of hydrogen-bond donors (Lipinski definition) is 7. The summed E-state index contributed by atoms with van der Waals surface area (Å²) in [6, 6.07) is 4.68. The predicted octanol–water partition coefficient (Wildman–Crippen LogP) is -0.161. The Morgan fingerprint density at radius 2 is 1.57 bits per heavy atom. The number of aryl methyl sites for hydroxylation is 1. The van der Waals surface area contributed by atoms with Crippen molar-refractivity contribution in [1.82, 2.24) is 10.6 Å².